The molecule has 2 nitrogen and oxygen atoms in total. The molecule has 0 fully saturated rings. The van der Waals surface area contributed by atoms with Crippen molar-refractivity contribution in [3.63, 3.8) is 0 Å². The van der Waals surface area contributed by atoms with Gasteiger partial charge in [-0.05, 0) is 6.54 Å². The van der Waals surface area contributed by atoms with Gasteiger partial charge in [-0.1, -0.05) is 0 Å². The first-order valence-electron chi connectivity index (χ1n) is 1.50. The first-order chi connectivity index (χ1) is 3.33. The molecule has 0 bridgehead atoms. The molecule has 0 radical (unpaired) electrons. The molecular weight excluding hydrogens is 229 g/mol. The van der Waals surface area contributed by atoms with Crippen molar-refractivity contribution in [1.82, 2.24) is 0 Å². The van der Waals surface area contributed by atoms with Crippen molar-refractivity contribution >= 4 is 19.1 Å². The number of hydrogen-bond acceptors (Lipinski definition) is 1. The van der Waals surface area contributed by atoms with Crippen LogP contribution in [0.4, 0.5) is 0 Å². The maximum Gasteiger partial charge on any atom is -0.0268 e. The Kier molecular flexibility index (Phi) is 24.7. The third-order valence-corrected chi connectivity index (χ3v) is 0.144. The van der Waals surface area contributed by atoms with E-state index in [1.807, 2.05) is 0 Å². The van der Waals surface area contributed by atoms with Crippen LogP contribution in [0.3, 0.4) is 0 Å². The van der Waals surface area contributed by atoms with Crippen molar-refractivity contribution in [1.29, 1.82) is 0 Å². The van der Waals surface area contributed by atoms with Crippen molar-refractivity contribution in [2.45, 2.75) is 0 Å². The van der Waals surface area contributed by atoms with Crippen LogP contribution in [0.25, 0.3) is 5.73 Å². The van der Waals surface area contributed by atoms with Gasteiger partial charge in [0, 0.05) is 0 Å². The second-order valence-electron chi connectivity index (χ2n) is 0.584. The van der Waals surface area contributed by atoms with Crippen LogP contribution in [0.5, 0.6) is 0 Å². The van der Waals surface area contributed by atoms with E-state index in [9.17, 15) is 0 Å². The van der Waals surface area contributed by atoms with Gasteiger partial charge in [0.2, 0.25) is 0 Å². The minimum absolute atomic E-state index is 0.106. The molecule has 0 atom stereocenters. The summed E-state index contributed by atoms with van der Waals surface area (Å²) in [6, 6.07) is 0. The molecule has 0 aliphatic carbocycles. The van der Waals surface area contributed by atoms with Gasteiger partial charge in [-0.25, -0.2) is 0 Å². The summed E-state index contributed by atoms with van der Waals surface area (Å²) in [5, 5.41) is 0. The molecule has 0 spiro atoms. The topological polar surface area (TPSA) is 49.8 Å². The Balaban J connectivity index is 0. The van der Waals surface area contributed by atoms with E-state index in [1.54, 1.807) is 0 Å². The molecule has 0 aliphatic rings. The summed E-state index contributed by atoms with van der Waals surface area (Å²) >= 11 is -0.106. The summed E-state index contributed by atoms with van der Waals surface area (Å²) in [5.41, 5.74) is 11.2. The predicted molar refractivity (Wildman–Crippen MR) is 29.9 cm³/mol. The van der Waals surface area contributed by atoms with E-state index in [-0.39, 0.29) is 15.9 Å². The quantitative estimate of drug-likeness (QED) is 0.687. The van der Waals surface area contributed by atoms with Gasteiger partial charge in [0.05, 0.1) is 0 Å². The Labute approximate surface area is 59.6 Å². The summed E-state index contributed by atoms with van der Waals surface area (Å²) in [6.07, 6.45) is 0. The monoisotopic (exact) mass is 235 g/mol. The van der Waals surface area contributed by atoms with Gasteiger partial charge in [0.25, 0.3) is 0 Å². The van der Waals surface area contributed by atoms with Crippen molar-refractivity contribution in [3.05, 3.63) is 5.73 Å². The van der Waals surface area contributed by atoms with Crippen LogP contribution in [0.2, 0.25) is 0 Å². The normalized spacial score (nSPS) is 7.43. The fourth-order valence-corrected chi connectivity index (χ4v) is 0. The van der Waals surface area contributed by atoms with E-state index in [0.29, 0.717) is 13.1 Å². The zero-order valence-electron chi connectivity index (χ0n) is 3.56. The van der Waals surface area contributed by atoms with E-state index in [0.717, 1.165) is 0 Å². The minimum Gasteiger partial charge on any atom is -0.676 e. The molecule has 0 rings (SSSR count). The van der Waals surface area contributed by atoms with Crippen LogP contribution >= 0.6 is 19.1 Å². The molecular formula is C2H7Cl2N2Pd-. The molecule has 7 heavy (non-hydrogen) atoms. The second-order valence-corrected chi connectivity index (χ2v) is 2.94. The molecule has 0 saturated heterocycles. The van der Waals surface area contributed by atoms with Crippen LogP contribution in [0.15, 0.2) is 0 Å². The molecule has 0 aromatic rings. The average Bonchev–Trinajstić information content (AvgIpc) is 1.69. The van der Waals surface area contributed by atoms with Crippen molar-refractivity contribution in [2.24, 2.45) is 5.73 Å². The smallest absolute Gasteiger partial charge is 0.0268 e. The van der Waals surface area contributed by atoms with E-state index >= 15 is 0 Å². The number of nitrogens with two attached hydrogens (primary N) is 1. The molecule has 0 saturated carbocycles. The number of hydrogen-bond donors (Lipinski definition) is 1. The van der Waals surface area contributed by atoms with E-state index in [2.05, 4.69) is 0 Å². The van der Waals surface area contributed by atoms with Crippen molar-refractivity contribution in [2.75, 3.05) is 13.1 Å². The third-order valence-electron chi connectivity index (χ3n) is 0.144. The predicted octanol–water partition coefficient (Wildman–Crippen LogP) is 1.37. The Morgan fingerprint density at radius 3 is 1.71 bits per heavy atom. The molecule has 0 unspecified atom stereocenters. The van der Waals surface area contributed by atoms with Gasteiger partial charge in [-0.3, -0.25) is 0 Å². The van der Waals surface area contributed by atoms with E-state index in [4.69, 9.17) is 30.5 Å². The van der Waals surface area contributed by atoms with Gasteiger partial charge in [-0.15, -0.1) is 6.54 Å². The Bertz CT molecular complexity index is 21.2. The van der Waals surface area contributed by atoms with Crippen LogP contribution in [0, 0.1) is 0 Å². The molecule has 0 aromatic heterocycles. The maximum atomic E-state index is 6.33. The molecule has 5 heteroatoms. The SMILES string of the molecule is [Cl][Pd][Cl].[NH-]CCN. The second kappa shape index (κ2) is 15.7. The first-order valence-corrected chi connectivity index (χ1v) is 5.50. The Morgan fingerprint density at radius 2 is 1.71 bits per heavy atom. The molecule has 0 aromatic carbocycles. The summed E-state index contributed by atoms with van der Waals surface area (Å²) in [7, 11) is 9.63. The maximum absolute atomic E-state index is 6.33. The Hall–Kier alpha value is 1.16. The number of halogens is 2. The average molecular weight is 236 g/mol. The first kappa shape index (κ1) is 11.0. The van der Waals surface area contributed by atoms with E-state index in [1.165, 1.54) is 0 Å². The molecule has 3 N–H and O–H groups in total. The van der Waals surface area contributed by atoms with Gasteiger partial charge in [0.1, 0.15) is 0 Å². The minimum atomic E-state index is -0.106. The molecule has 50 valence electrons. The van der Waals surface area contributed by atoms with Crippen LogP contribution in [-0.2, 0) is 15.9 Å². The number of nitrogens with one attached hydrogen (secondary N) is 1. The fourth-order valence-electron chi connectivity index (χ4n) is 0. The van der Waals surface area contributed by atoms with Crippen molar-refractivity contribution < 1.29 is 15.9 Å². The summed E-state index contributed by atoms with van der Waals surface area (Å²) in [4.78, 5) is 0. The molecule has 0 amide bonds. The molecule has 0 heterocycles. The van der Waals surface area contributed by atoms with Gasteiger partial charge in [-0.2, -0.15) is 0 Å². The zero-order valence-corrected chi connectivity index (χ0v) is 6.63. The van der Waals surface area contributed by atoms with Gasteiger partial charge >= 0.3 is 35.0 Å². The summed E-state index contributed by atoms with van der Waals surface area (Å²) in [5.74, 6) is 0. The van der Waals surface area contributed by atoms with Crippen LogP contribution in [-0.4, -0.2) is 13.1 Å². The van der Waals surface area contributed by atoms with E-state index < -0.39 is 0 Å². The van der Waals surface area contributed by atoms with Gasteiger partial charge in [0.15, 0.2) is 0 Å². The zero-order chi connectivity index (χ0) is 6.12. The third kappa shape index (κ3) is 40.8. The van der Waals surface area contributed by atoms with Crippen LogP contribution < -0.4 is 5.73 Å². The van der Waals surface area contributed by atoms with Crippen LogP contribution in [0.1, 0.15) is 0 Å². The van der Waals surface area contributed by atoms with Crippen molar-refractivity contribution in [3.8, 4) is 0 Å². The summed E-state index contributed by atoms with van der Waals surface area (Å²) in [6.45, 7) is 0.833. The fraction of sp³-hybridized carbons (Fsp3) is 1.00. The summed E-state index contributed by atoms with van der Waals surface area (Å²) < 4.78 is 0. The largest absolute Gasteiger partial charge is 0.676 e. The Morgan fingerprint density at radius 1 is 1.57 bits per heavy atom. The number of rotatable bonds is 1. The molecule has 0 aliphatic heterocycles. The van der Waals surface area contributed by atoms with Gasteiger partial charge < -0.3 is 11.5 Å². The standard InChI is InChI=1S/C2H7N2.2ClH.Pd/c3-1-2-4;;;/h3H,1-2,4H2;2*1H;/q-1;;;+2/p-2.